The molecular formula is C27H26ClN3O3. The molecule has 1 aromatic heterocycles. The second-order valence-electron chi connectivity index (χ2n) is 8.45. The van der Waals surface area contributed by atoms with E-state index in [0.29, 0.717) is 42.6 Å². The van der Waals surface area contributed by atoms with Gasteiger partial charge in [-0.1, -0.05) is 41.9 Å². The van der Waals surface area contributed by atoms with Gasteiger partial charge in [0, 0.05) is 29.6 Å². The van der Waals surface area contributed by atoms with Crippen molar-refractivity contribution in [2.24, 2.45) is 0 Å². The van der Waals surface area contributed by atoms with E-state index in [2.05, 4.69) is 10.6 Å². The molecule has 7 heteroatoms. The maximum Gasteiger partial charge on any atom is 0.227 e. The molecule has 1 aliphatic heterocycles. The van der Waals surface area contributed by atoms with Crippen LogP contribution in [0.2, 0.25) is 5.02 Å². The molecule has 1 atom stereocenters. The van der Waals surface area contributed by atoms with Crippen molar-refractivity contribution in [3.8, 4) is 11.5 Å². The summed E-state index contributed by atoms with van der Waals surface area (Å²) in [6.07, 6.45) is 0.405. The van der Waals surface area contributed by atoms with E-state index in [0.717, 1.165) is 28.1 Å². The number of methoxy groups -OCH3 is 1. The third-order valence-electron chi connectivity index (χ3n) is 6.28. The van der Waals surface area contributed by atoms with Crippen molar-refractivity contribution in [3.05, 3.63) is 83.1 Å². The van der Waals surface area contributed by atoms with E-state index in [1.807, 2.05) is 72.5 Å². The minimum atomic E-state index is -0.0220. The zero-order chi connectivity index (χ0) is 23.7. The molecule has 34 heavy (non-hydrogen) atoms. The summed E-state index contributed by atoms with van der Waals surface area (Å²) in [6, 6.07) is 21.4. The topological polar surface area (TPSA) is 56.6 Å². The van der Waals surface area contributed by atoms with Crippen molar-refractivity contribution in [3.63, 3.8) is 0 Å². The Labute approximate surface area is 203 Å². The summed E-state index contributed by atoms with van der Waals surface area (Å²) >= 11 is 6.32. The number of hydrogen-bond donors (Lipinski definition) is 0. The minimum Gasteiger partial charge on any atom is -0.493 e. The molecule has 0 spiro atoms. The first-order valence-corrected chi connectivity index (χ1v) is 11.7. The fraction of sp³-hybridized carbons (Fsp3) is 0.259. The van der Waals surface area contributed by atoms with Gasteiger partial charge in [-0.2, -0.15) is 0 Å². The van der Waals surface area contributed by atoms with Crippen LogP contribution in [0.15, 0.2) is 66.7 Å². The van der Waals surface area contributed by atoms with Gasteiger partial charge in [0.2, 0.25) is 5.91 Å². The lowest BCUT2D eigenvalue weighted by atomic mass is 10.1. The molecule has 1 amide bonds. The van der Waals surface area contributed by atoms with Crippen molar-refractivity contribution in [2.75, 3.05) is 25.2 Å². The molecule has 0 unspecified atom stereocenters. The summed E-state index contributed by atoms with van der Waals surface area (Å²) in [5.41, 5.74) is 3.76. The Morgan fingerprint density at radius 1 is 1.06 bits per heavy atom. The summed E-state index contributed by atoms with van der Waals surface area (Å²) in [7, 11) is 1.63. The number of halogens is 1. The second-order valence-corrected chi connectivity index (χ2v) is 8.86. The number of nitrogens with zero attached hydrogens (tertiary/aromatic N) is 3. The first kappa shape index (κ1) is 22.3. The number of para-hydroxylation sites is 4. The van der Waals surface area contributed by atoms with E-state index in [9.17, 15) is 4.79 Å². The molecule has 4 aromatic rings. The summed E-state index contributed by atoms with van der Waals surface area (Å²) in [6.45, 7) is 3.58. The van der Waals surface area contributed by atoms with Crippen LogP contribution in [-0.2, 0) is 11.3 Å². The van der Waals surface area contributed by atoms with Crippen LogP contribution < -0.4 is 14.4 Å². The maximum atomic E-state index is 13.0. The molecule has 0 saturated carbocycles. The van der Waals surface area contributed by atoms with Gasteiger partial charge in [0.05, 0.1) is 24.7 Å². The highest BCUT2D eigenvalue weighted by Gasteiger charge is 2.35. The monoisotopic (exact) mass is 475 g/mol. The highest BCUT2D eigenvalue weighted by molar-refractivity contribution is 6.31. The Bertz CT molecular complexity index is 1350. The molecule has 1 fully saturated rings. The van der Waals surface area contributed by atoms with Crippen LogP contribution in [0.4, 0.5) is 5.69 Å². The molecule has 1 saturated heterocycles. The standard InChI is InChI=1S/C27H26ClN3O3/c1-18-11-12-20(16-21(18)28)31-17-19(15-26(31)32)27-29-22-7-3-4-8-23(22)30(27)13-14-34-25-10-6-5-9-24(25)33-2/h3-12,16,19H,13-15,17H2,1-2H3/t19-/m1/s1. The van der Waals surface area contributed by atoms with Crippen molar-refractivity contribution in [2.45, 2.75) is 25.8 Å². The third kappa shape index (κ3) is 4.21. The van der Waals surface area contributed by atoms with E-state index in [-0.39, 0.29) is 11.8 Å². The number of anilines is 1. The Balaban J connectivity index is 1.40. The lowest BCUT2D eigenvalue weighted by Crippen LogP contribution is -2.24. The number of carbonyl (C=O) groups excluding carboxylic acids is 1. The fourth-order valence-corrected chi connectivity index (χ4v) is 4.68. The second kappa shape index (κ2) is 9.39. The van der Waals surface area contributed by atoms with E-state index in [4.69, 9.17) is 26.1 Å². The van der Waals surface area contributed by atoms with E-state index in [1.165, 1.54) is 0 Å². The van der Waals surface area contributed by atoms with Gasteiger partial charge in [-0.15, -0.1) is 0 Å². The van der Waals surface area contributed by atoms with Gasteiger partial charge in [0.1, 0.15) is 12.4 Å². The smallest absolute Gasteiger partial charge is 0.227 e. The van der Waals surface area contributed by atoms with Gasteiger partial charge >= 0.3 is 0 Å². The van der Waals surface area contributed by atoms with Crippen LogP contribution in [-0.4, -0.2) is 35.7 Å². The maximum absolute atomic E-state index is 13.0. The highest BCUT2D eigenvalue weighted by Crippen LogP contribution is 2.34. The number of hydrogen-bond acceptors (Lipinski definition) is 4. The lowest BCUT2D eigenvalue weighted by molar-refractivity contribution is -0.117. The largest absolute Gasteiger partial charge is 0.493 e. The van der Waals surface area contributed by atoms with Crippen LogP contribution in [0, 0.1) is 6.92 Å². The molecule has 0 aliphatic carbocycles. The van der Waals surface area contributed by atoms with E-state index in [1.54, 1.807) is 7.11 Å². The summed E-state index contributed by atoms with van der Waals surface area (Å²) in [5.74, 6) is 2.36. The predicted octanol–water partition coefficient (Wildman–Crippen LogP) is 5.61. The number of fused-ring (bicyclic) bond motifs is 1. The number of amides is 1. The Kier molecular flexibility index (Phi) is 6.16. The van der Waals surface area contributed by atoms with Gasteiger partial charge in [0.25, 0.3) is 0 Å². The molecule has 0 N–H and O–H groups in total. The Morgan fingerprint density at radius 3 is 2.62 bits per heavy atom. The quantitative estimate of drug-likeness (QED) is 0.349. The predicted molar refractivity (Wildman–Crippen MR) is 134 cm³/mol. The summed E-state index contributed by atoms with van der Waals surface area (Å²) in [5, 5.41) is 0.662. The molecule has 6 nitrogen and oxygen atoms in total. The molecule has 3 aromatic carbocycles. The SMILES string of the molecule is COc1ccccc1OCCn1c([C@@H]2CC(=O)N(c3ccc(C)c(Cl)c3)C2)nc2ccccc21. The Morgan fingerprint density at radius 2 is 1.82 bits per heavy atom. The fourth-order valence-electron chi connectivity index (χ4n) is 4.51. The van der Waals surface area contributed by atoms with Crippen LogP contribution in [0.1, 0.15) is 23.7 Å². The molecule has 1 aliphatic rings. The van der Waals surface area contributed by atoms with Crippen molar-refractivity contribution >= 4 is 34.2 Å². The number of aryl methyl sites for hydroxylation is 1. The third-order valence-corrected chi connectivity index (χ3v) is 6.69. The van der Waals surface area contributed by atoms with Crippen LogP contribution in [0.5, 0.6) is 11.5 Å². The van der Waals surface area contributed by atoms with Gasteiger partial charge < -0.3 is 18.9 Å². The van der Waals surface area contributed by atoms with E-state index >= 15 is 0 Å². The van der Waals surface area contributed by atoms with Gasteiger partial charge in [-0.25, -0.2) is 4.98 Å². The molecule has 0 radical (unpaired) electrons. The van der Waals surface area contributed by atoms with Gasteiger partial charge in [0.15, 0.2) is 11.5 Å². The molecule has 0 bridgehead atoms. The van der Waals surface area contributed by atoms with Crippen LogP contribution in [0.3, 0.4) is 0 Å². The minimum absolute atomic E-state index is 0.0220. The Hall–Kier alpha value is -3.51. The first-order valence-electron chi connectivity index (χ1n) is 11.3. The number of carbonyl (C=O) groups is 1. The number of benzene rings is 3. The average Bonchev–Trinajstić information content (AvgIpc) is 3.42. The number of imidazole rings is 1. The zero-order valence-corrected chi connectivity index (χ0v) is 20.0. The van der Waals surface area contributed by atoms with E-state index < -0.39 is 0 Å². The first-order chi connectivity index (χ1) is 16.5. The van der Waals surface area contributed by atoms with Crippen molar-refractivity contribution in [1.82, 2.24) is 9.55 Å². The molecule has 5 rings (SSSR count). The highest BCUT2D eigenvalue weighted by atomic mass is 35.5. The average molecular weight is 476 g/mol. The number of rotatable bonds is 7. The van der Waals surface area contributed by atoms with Gasteiger partial charge in [-0.05, 0) is 48.9 Å². The zero-order valence-electron chi connectivity index (χ0n) is 19.2. The molecule has 174 valence electrons. The normalized spacial score (nSPS) is 15.8. The van der Waals surface area contributed by atoms with Crippen molar-refractivity contribution in [1.29, 1.82) is 0 Å². The summed E-state index contributed by atoms with van der Waals surface area (Å²) in [4.78, 5) is 19.7. The van der Waals surface area contributed by atoms with Gasteiger partial charge in [-0.3, -0.25) is 4.79 Å². The van der Waals surface area contributed by atoms with Crippen LogP contribution >= 0.6 is 11.6 Å². The molecular weight excluding hydrogens is 450 g/mol. The lowest BCUT2D eigenvalue weighted by Gasteiger charge is -2.18. The molecule has 2 heterocycles. The summed E-state index contributed by atoms with van der Waals surface area (Å²) < 4.78 is 13.6. The van der Waals surface area contributed by atoms with Crippen molar-refractivity contribution < 1.29 is 14.3 Å². The number of aromatic nitrogens is 2. The number of ether oxygens (including phenoxy) is 2. The van der Waals surface area contributed by atoms with Crippen LogP contribution in [0.25, 0.3) is 11.0 Å².